The van der Waals surface area contributed by atoms with Crippen LogP contribution in [0.5, 0.6) is 0 Å². The molecule has 3 N–H and O–H groups in total. The molecule has 4 rings (SSSR count). The summed E-state index contributed by atoms with van der Waals surface area (Å²) in [7, 11) is 0. The standard InChI is InChI=1S/C29H29N3O6S2/c1-15-10-20(17(3)39-15)25-26(21-11-16(2)40-18(21)4)29(38)32(28(25)37)14-23(33)31-22(27(36)30-13-24(34)35)12-19-8-6-5-7-9-19/h5-11,22H,12-14H2,1-4H3,(H,30,36)(H,31,33)(H,34,35)/t22-/m0/s1. The van der Waals surface area contributed by atoms with E-state index in [1.807, 2.05) is 45.9 Å². The van der Waals surface area contributed by atoms with E-state index in [0.717, 1.165) is 30.0 Å². The van der Waals surface area contributed by atoms with Crippen LogP contribution in [0.15, 0.2) is 42.5 Å². The smallest absolute Gasteiger partial charge is 0.322 e. The van der Waals surface area contributed by atoms with Crippen LogP contribution >= 0.6 is 22.7 Å². The Bertz CT molecular complexity index is 1470. The van der Waals surface area contributed by atoms with Crippen LogP contribution in [-0.4, -0.2) is 58.7 Å². The second-order valence-electron chi connectivity index (χ2n) is 9.52. The predicted molar refractivity (Wildman–Crippen MR) is 154 cm³/mol. The lowest BCUT2D eigenvalue weighted by atomic mass is 9.97. The Morgan fingerprint density at radius 3 is 1.85 bits per heavy atom. The molecule has 0 spiro atoms. The van der Waals surface area contributed by atoms with Gasteiger partial charge in [-0.15, -0.1) is 22.7 Å². The fourth-order valence-electron chi connectivity index (χ4n) is 4.71. The van der Waals surface area contributed by atoms with Crippen LogP contribution < -0.4 is 10.6 Å². The van der Waals surface area contributed by atoms with Crippen LogP contribution in [0.25, 0.3) is 11.1 Å². The van der Waals surface area contributed by atoms with Gasteiger partial charge >= 0.3 is 5.97 Å². The number of aryl methyl sites for hydroxylation is 4. The van der Waals surface area contributed by atoms with Crippen LogP contribution in [0.4, 0.5) is 0 Å². The molecule has 4 amide bonds. The third kappa shape index (κ3) is 6.21. The van der Waals surface area contributed by atoms with Gasteiger partial charge in [-0.1, -0.05) is 30.3 Å². The van der Waals surface area contributed by atoms with E-state index in [0.29, 0.717) is 11.1 Å². The zero-order valence-corrected chi connectivity index (χ0v) is 24.1. The molecule has 1 aliphatic rings. The van der Waals surface area contributed by atoms with Crippen molar-refractivity contribution in [3.05, 3.63) is 78.7 Å². The molecule has 0 saturated heterocycles. The summed E-state index contributed by atoms with van der Waals surface area (Å²) in [5.41, 5.74) is 2.60. The number of hydrogen-bond donors (Lipinski definition) is 3. The normalized spacial score (nSPS) is 14.1. The van der Waals surface area contributed by atoms with Gasteiger partial charge in [0.05, 0.1) is 11.1 Å². The zero-order chi connectivity index (χ0) is 29.1. The van der Waals surface area contributed by atoms with Gasteiger partial charge in [-0.2, -0.15) is 0 Å². The van der Waals surface area contributed by atoms with Crippen molar-refractivity contribution in [2.75, 3.05) is 13.1 Å². The number of carboxylic acid groups (broad SMARTS) is 1. The van der Waals surface area contributed by atoms with Crippen molar-refractivity contribution in [1.82, 2.24) is 15.5 Å². The minimum atomic E-state index is -1.23. The van der Waals surface area contributed by atoms with Crippen LogP contribution in [0.3, 0.4) is 0 Å². The number of carboxylic acids is 1. The van der Waals surface area contributed by atoms with Crippen LogP contribution in [0.1, 0.15) is 36.2 Å². The minimum absolute atomic E-state index is 0.0927. The monoisotopic (exact) mass is 579 g/mol. The molecule has 1 atom stereocenters. The molecular formula is C29H29N3O6S2. The lowest BCUT2D eigenvalue weighted by molar-refractivity contribution is -0.141. The minimum Gasteiger partial charge on any atom is -0.480 e. The largest absolute Gasteiger partial charge is 0.480 e. The van der Waals surface area contributed by atoms with Gasteiger partial charge in [0.1, 0.15) is 19.1 Å². The van der Waals surface area contributed by atoms with Crippen LogP contribution in [-0.2, 0) is 30.4 Å². The molecule has 1 aromatic carbocycles. The summed E-state index contributed by atoms with van der Waals surface area (Å²) >= 11 is 3.04. The zero-order valence-electron chi connectivity index (χ0n) is 22.5. The molecule has 0 fully saturated rings. The number of imide groups is 1. The molecule has 0 bridgehead atoms. The molecule has 2 aromatic heterocycles. The second-order valence-corrected chi connectivity index (χ2v) is 12.4. The van der Waals surface area contributed by atoms with Gasteiger partial charge in [0.2, 0.25) is 11.8 Å². The summed E-state index contributed by atoms with van der Waals surface area (Å²) in [6.07, 6.45) is 0.0927. The molecule has 0 saturated carbocycles. The fourth-order valence-corrected chi connectivity index (χ4v) is 6.57. The summed E-state index contributed by atoms with van der Waals surface area (Å²) in [6, 6.07) is 11.6. The molecule has 3 heterocycles. The van der Waals surface area contributed by atoms with E-state index in [9.17, 15) is 24.0 Å². The van der Waals surface area contributed by atoms with Crippen LogP contribution in [0, 0.1) is 27.7 Å². The first-order valence-corrected chi connectivity index (χ1v) is 14.2. The maximum Gasteiger partial charge on any atom is 0.322 e. The van der Waals surface area contributed by atoms with Gasteiger partial charge in [-0.05, 0) is 45.4 Å². The Labute approximate surface area is 239 Å². The Kier molecular flexibility index (Phi) is 8.65. The number of thiophene rings is 2. The summed E-state index contributed by atoms with van der Waals surface area (Å²) in [4.78, 5) is 69.1. The van der Waals surface area contributed by atoms with Crippen molar-refractivity contribution < 1.29 is 29.1 Å². The Morgan fingerprint density at radius 2 is 1.40 bits per heavy atom. The average Bonchev–Trinajstić information content (AvgIpc) is 3.49. The summed E-state index contributed by atoms with van der Waals surface area (Å²) in [6.45, 7) is 6.43. The van der Waals surface area contributed by atoms with E-state index in [1.165, 1.54) is 22.7 Å². The maximum atomic E-state index is 13.7. The second kappa shape index (κ2) is 12.0. The van der Waals surface area contributed by atoms with Gasteiger partial charge < -0.3 is 15.7 Å². The number of amides is 4. The Morgan fingerprint density at radius 1 is 0.875 bits per heavy atom. The van der Waals surface area contributed by atoms with Gasteiger partial charge in [0, 0.05) is 37.1 Å². The predicted octanol–water partition coefficient (Wildman–Crippen LogP) is 3.25. The van der Waals surface area contributed by atoms with Crippen molar-refractivity contribution >= 4 is 63.4 Å². The highest BCUT2D eigenvalue weighted by Crippen LogP contribution is 2.41. The summed E-state index contributed by atoms with van der Waals surface area (Å²) in [5, 5.41) is 13.8. The molecular weight excluding hydrogens is 550 g/mol. The molecule has 1 aliphatic heterocycles. The molecule has 9 nitrogen and oxygen atoms in total. The number of hydrogen-bond acceptors (Lipinski definition) is 7. The molecule has 0 unspecified atom stereocenters. The quantitative estimate of drug-likeness (QED) is 0.316. The number of nitrogens with zero attached hydrogens (tertiary/aromatic N) is 1. The van der Waals surface area contributed by atoms with Crippen LogP contribution in [0.2, 0.25) is 0 Å². The molecule has 0 radical (unpaired) electrons. The van der Waals surface area contributed by atoms with E-state index >= 15 is 0 Å². The first-order valence-electron chi connectivity index (χ1n) is 12.5. The molecule has 208 valence electrons. The third-order valence-electron chi connectivity index (χ3n) is 6.44. The van der Waals surface area contributed by atoms with Gasteiger partial charge in [-0.3, -0.25) is 28.9 Å². The highest BCUT2D eigenvalue weighted by Gasteiger charge is 2.42. The Balaban J connectivity index is 1.61. The van der Waals surface area contributed by atoms with Crippen molar-refractivity contribution in [3.8, 4) is 0 Å². The van der Waals surface area contributed by atoms with Crippen molar-refractivity contribution in [1.29, 1.82) is 0 Å². The number of carbonyl (C=O) groups is 5. The number of carbonyl (C=O) groups excluding carboxylic acids is 4. The third-order valence-corrected chi connectivity index (χ3v) is 8.37. The van der Waals surface area contributed by atoms with Gasteiger partial charge in [0.25, 0.3) is 11.8 Å². The average molecular weight is 580 g/mol. The van der Waals surface area contributed by atoms with Crippen molar-refractivity contribution in [3.63, 3.8) is 0 Å². The van der Waals surface area contributed by atoms with Crippen molar-refractivity contribution in [2.45, 2.75) is 40.2 Å². The Hall–Kier alpha value is -4.09. The van der Waals surface area contributed by atoms with Crippen molar-refractivity contribution in [2.24, 2.45) is 0 Å². The molecule has 40 heavy (non-hydrogen) atoms. The highest BCUT2D eigenvalue weighted by molar-refractivity contribution is 7.12. The number of rotatable bonds is 10. The van der Waals surface area contributed by atoms with E-state index in [4.69, 9.17) is 5.11 Å². The highest BCUT2D eigenvalue weighted by atomic mass is 32.1. The van der Waals surface area contributed by atoms with E-state index in [1.54, 1.807) is 24.3 Å². The summed E-state index contributed by atoms with van der Waals surface area (Å²) in [5.74, 6) is -3.78. The van der Waals surface area contributed by atoms with E-state index < -0.39 is 48.7 Å². The number of nitrogens with one attached hydrogen (secondary N) is 2. The summed E-state index contributed by atoms with van der Waals surface area (Å²) < 4.78 is 0. The first-order chi connectivity index (χ1) is 19.0. The maximum absolute atomic E-state index is 13.7. The first kappa shape index (κ1) is 28.9. The fraction of sp³-hybridized carbons (Fsp3) is 0.276. The van der Waals surface area contributed by atoms with Gasteiger partial charge in [-0.25, -0.2) is 0 Å². The van der Waals surface area contributed by atoms with Gasteiger partial charge in [0.15, 0.2) is 0 Å². The number of aliphatic carboxylic acids is 1. The number of benzene rings is 1. The van der Waals surface area contributed by atoms with E-state index in [-0.39, 0.29) is 17.6 Å². The molecule has 3 aromatic rings. The SMILES string of the molecule is Cc1cc(C2=C(c3cc(C)sc3C)C(=O)N(CC(=O)N[C@@H](Cc3ccccc3)C(=O)NCC(=O)O)C2=O)c(C)s1. The lowest BCUT2D eigenvalue weighted by Crippen LogP contribution is -2.52. The molecule has 11 heteroatoms. The molecule has 0 aliphatic carbocycles. The topological polar surface area (TPSA) is 133 Å². The lowest BCUT2D eigenvalue weighted by Gasteiger charge is -2.20. The van der Waals surface area contributed by atoms with E-state index in [2.05, 4.69) is 10.6 Å².